The Morgan fingerprint density at radius 1 is 1.33 bits per heavy atom. The molecular weight excluding hydrogens is 232 g/mol. The van der Waals surface area contributed by atoms with Crippen molar-refractivity contribution < 1.29 is 14.3 Å². The molecule has 0 saturated carbocycles. The van der Waals surface area contributed by atoms with E-state index in [9.17, 15) is 9.59 Å². The van der Waals surface area contributed by atoms with Gasteiger partial charge in [0.15, 0.2) is 6.04 Å². The summed E-state index contributed by atoms with van der Waals surface area (Å²) in [5, 5.41) is 0. The molecule has 1 unspecified atom stereocenters. The number of carbonyl (C=O) groups excluding carboxylic acids is 2. The van der Waals surface area contributed by atoms with Gasteiger partial charge in [-0.3, -0.25) is 4.79 Å². The molecule has 1 amide bonds. The first kappa shape index (κ1) is 15.0. The third-order valence-corrected chi connectivity index (χ3v) is 4.06. The van der Waals surface area contributed by atoms with Crippen molar-refractivity contribution in [3.05, 3.63) is 0 Å². The second kappa shape index (κ2) is 6.18. The molecule has 5 heteroatoms. The Hall–Kier alpha value is -1.10. The van der Waals surface area contributed by atoms with E-state index in [1.54, 1.807) is 11.8 Å². The van der Waals surface area contributed by atoms with Gasteiger partial charge >= 0.3 is 5.97 Å². The second-order valence-corrected chi connectivity index (χ2v) is 4.95. The molecule has 0 aliphatic carbocycles. The van der Waals surface area contributed by atoms with E-state index in [0.29, 0.717) is 13.1 Å². The Balaban J connectivity index is 2.62. The fourth-order valence-corrected chi connectivity index (χ4v) is 2.48. The Morgan fingerprint density at radius 2 is 1.94 bits per heavy atom. The van der Waals surface area contributed by atoms with Crippen LogP contribution in [0.3, 0.4) is 0 Å². The maximum atomic E-state index is 12.1. The number of nitrogens with zero attached hydrogens (tertiary/aromatic N) is 1. The summed E-state index contributed by atoms with van der Waals surface area (Å²) < 4.78 is 4.78. The number of rotatable bonds is 5. The van der Waals surface area contributed by atoms with Gasteiger partial charge in [0.05, 0.1) is 6.61 Å². The van der Waals surface area contributed by atoms with E-state index in [0.717, 1.165) is 19.3 Å². The highest BCUT2D eigenvalue weighted by Crippen LogP contribution is 2.37. The van der Waals surface area contributed by atoms with Gasteiger partial charge in [0.2, 0.25) is 0 Å². The maximum Gasteiger partial charge on any atom is 0.332 e. The van der Waals surface area contributed by atoms with Crippen LogP contribution in [-0.4, -0.2) is 42.5 Å². The number of amides is 1. The van der Waals surface area contributed by atoms with Crippen LogP contribution in [0.4, 0.5) is 0 Å². The largest absolute Gasteiger partial charge is 0.464 e. The molecule has 1 rings (SSSR count). The van der Waals surface area contributed by atoms with Crippen LogP contribution < -0.4 is 5.73 Å². The third kappa shape index (κ3) is 3.02. The second-order valence-electron chi connectivity index (χ2n) is 4.95. The normalized spacial score (nSPS) is 19.7. The smallest absolute Gasteiger partial charge is 0.332 e. The standard InChI is InChI=1S/C13H24N2O3/c1-4-13(5-2)7-8-15(9-13)11(16)10(14)12(17)18-6-3/h10H,4-9,14H2,1-3H3. The van der Waals surface area contributed by atoms with Gasteiger partial charge in [0.25, 0.3) is 5.91 Å². The first-order valence-corrected chi connectivity index (χ1v) is 6.70. The zero-order valence-electron chi connectivity index (χ0n) is 11.6. The van der Waals surface area contributed by atoms with E-state index >= 15 is 0 Å². The molecular formula is C13H24N2O3. The van der Waals surface area contributed by atoms with Gasteiger partial charge in [-0.2, -0.15) is 0 Å². The van der Waals surface area contributed by atoms with Crippen molar-refractivity contribution in [1.29, 1.82) is 0 Å². The number of esters is 1. The number of likely N-dealkylation sites (tertiary alicyclic amines) is 1. The number of carbonyl (C=O) groups is 2. The van der Waals surface area contributed by atoms with Gasteiger partial charge in [-0.15, -0.1) is 0 Å². The van der Waals surface area contributed by atoms with Crippen molar-refractivity contribution in [2.45, 2.75) is 46.1 Å². The van der Waals surface area contributed by atoms with Crippen LogP contribution >= 0.6 is 0 Å². The first-order valence-electron chi connectivity index (χ1n) is 6.70. The van der Waals surface area contributed by atoms with Gasteiger partial charge in [0, 0.05) is 13.1 Å². The monoisotopic (exact) mass is 256 g/mol. The average Bonchev–Trinajstić information content (AvgIpc) is 2.82. The summed E-state index contributed by atoms with van der Waals surface area (Å²) in [6.45, 7) is 7.61. The van der Waals surface area contributed by atoms with E-state index < -0.39 is 12.0 Å². The topological polar surface area (TPSA) is 72.6 Å². The van der Waals surface area contributed by atoms with Gasteiger partial charge in [0.1, 0.15) is 0 Å². The SMILES string of the molecule is CCOC(=O)C(N)C(=O)N1CCC(CC)(CC)C1. The lowest BCUT2D eigenvalue weighted by Gasteiger charge is -2.27. The van der Waals surface area contributed by atoms with E-state index in [1.807, 2.05) is 0 Å². The predicted molar refractivity (Wildman–Crippen MR) is 68.8 cm³/mol. The minimum atomic E-state index is -1.17. The lowest BCUT2D eigenvalue weighted by atomic mass is 9.82. The molecule has 0 radical (unpaired) electrons. The molecule has 0 aromatic rings. The number of nitrogens with two attached hydrogens (primary N) is 1. The maximum absolute atomic E-state index is 12.1. The minimum absolute atomic E-state index is 0.198. The fourth-order valence-electron chi connectivity index (χ4n) is 2.48. The molecule has 104 valence electrons. The highest BCUT2D eigenvalue weighted by molar-refractivity contribution is 6.01. The molecule has 1 heterocycles. The molecule has 5 nitrogen and oxygen atoms in total. The van der Waals surface area contributed by atoms with Crippen molar-refractivity contribution >= 4 is 11.9 Å². The molecule has 1 aliphatic rings. The third-order valence-electron chi connectivity index (χ3n) is 4.06. The molecule has 0 aromatic heterocycles. The van der Waals surface area contributed by atoms with Gasteiger partial charge in [-0.25, -0.2) is 4.79 Å². The summed E-state index contributed by atoms with van der Waals surface area (Å²) in [5.41, 5.74) is 5.83. The molecule has 1 atom stereocenters. The molecule has 0 spiro atoms. The van der Waals surface area contributed by atoms with Crippen molar-refractivity contribution in [2.24, 2.45) is 11.1 Å². The molecule has 0 aromatic carbocycles. The summed E-state index contributed by atoms with van der Waals surface area (Å²) in [7, 11) is 0. The van der Waals surface area contributed by atoms with Crippen molar-refractivity contribution in [3.63, 3.8) is 0 Å². The van der Waals surface area contributed by atoms with Gasteiger partial charge in [-0.1, -0.05) is 13.8 Å². The number of ether oxygens (including phenoxy) is 1. The molecule has 1 saturated heterocycles. The van der Waals surface area contributed by atoms with Crippen LogP contribution in [0.2, 0.25) is 0 Å². The Bertz CT molecular complexity index is 313. The van der Waals surface area contributed by atoms with E-state index in [4.69, 9.17) is 10.5 Å². The Labute approximate surface area is 109 Å². The highest BCUT2D eigenvalue weighted by atomic mass is 16.5. The molecule has 2 N–H and O–H groups in total. The summed E-state index contributed by atoms with van der Waals surface area (Å²) in [6, 6.07) is -1.17. The summed E-state index contributed by atoms with van der Waals surface area (Å²) in [5.74, 6) is -0.940. The van der Waals surface area contributed by atoms with Crippen molar-refractivity contribution in [1.82, 2.24) is 4.90 Å². The fraction of sp³-hybridized carbons (Fsp3) is 0.846. The van der Waals surface area contributed by atoms with E-state index in [2.05, 4.69) is 13.8 Å². The molecule has 18 heavy (non-hydrogen) atoms. The van der Waals surface area contributed by atoms with Crippen LogP contribution in [0.15, 0.2) is 0 Å². The van der Waals surface area contributed by atoms with Gasteiger partial charge < -0.3 is 15.4 Å². The first-order chi connectivity index (χ1) is 8.49. The van der Waals surface area contributed by atoms with E-state index in [1.165, 1.54) is 0 Å². The molecule has 0 bridgehead atoms. The van der Waals surface area contributed by atoms with Crippen LogP contribution in [0, 0.1) is 5.41 Å². The van der Waals surface area contributed by atoms with Crippen LogP contribution in [0.1, 0.15) is 40.0 Å². The van der Waals surface area contributed by atoms with Gasteiger partial charge in [-0.05, 0) is 31.6 Å². The average molecular weight is 256 g/mol. The van der Waals surface area contributed by atoms with E-state index in [-0.39, 0.29) is 17.9 Å². The zero-order valence-corrected chi connectivity index (χ0v) is 11.6. The molecule has 1 fully saturated rings. The quantitative estimate of drug-likeness (QED) is 0.586. The van der Waals surface area contributed by atoms with Crippen molar-refractivity contribution in [2.75, 3.05) is 19.7 Å². The highest BCUT2D eigenvalue weighted by Gasteiger charge is 2.39. The van der Waals surface area contributed by atoms with Crippen molar-refractivity contribution in [3.8, 4) is 0 Å². The number of hydrogen-bond acceptors (Lipinski definition) is 4. The molecule has 1 aliphatic heterocycles. The lowest BCUT2D eigenvalue weighted by molar-refractivity contribution is -0.150. The lowest BCUT2D eigenvalue weighted by Crippen LogP contribution is -2.48. The zero-order chi connectivity index (χ0) is 13.8. The minimum Gasteiger partial charge on any atom is -0.464 e. The predicted octanol–water partition coefficient (Wildman–Crippen LogP) is 0.915. The summed E-state index contributed by atoms with van der Waals surface area (Å²) in [4.78, 5) is 25.2. The Morgan fingerprint density at radius 3 is 2.39 bits per heavy atom. The number of hydrogen-bond donors (Lipinski definition) is 1. The van der Waals surface area contributed by atoms with Crippen LogP contribution in [0.5, 0.6) is 0 Å². The Kier molecular flexibility index (Phi) is 5.14. The summed E-state index contributed by atoms with van der Waals surface area (Å²) >= 11 is 0. The summed E-state index contributed by atoms with van der Waals surface area (Å²) in [6.07, 6.45) is 3.07. The van der Waals surface area contributed by atoms with Crippen LogP contribution in [0.25, 0.3) is 0 Å². The van der Waals surface area contributed by atoms with Crippen LogP contribution in [-0.2, 0) is 14.3 Å².